The summed E-state index contributed by atoms with van der Waals surface area (Å²) in [6, 6.07) is 3.96. The number of rotatable bonds is 6. The first-order valence-electron chi connectivity index (χ1n) is 10.5. The van der Waals surface area contributed by atoms with E-state index in [1.807, 2.05) is 17.0 Å². The quantitative estimate of drug-likeness (QED) is 0.766. The van der Waals surface area contributed by atoms with E-state index in [2.05, 4.69) is 31.7 Å². The van der Waals surface area contributed by atoms with Gasteiger partial charge in [-0.15, -0.1) is 10.2 Å². The number of nitrogens with zero attached hydrogens (tertiary/aromatic N) is 6. The molecule has 0 aromatic carbocycles. The van der Waals surface area contributed by atoms with Crippen LogP contribution in [0.3, 0.4) is 0 Å². The summed E-state index contributed by atoms with van der Waals surface area (Å²) in [7, 11) is 2.07. The lowest BCUT2D eigenvalue weighted by molar-refractivity contribution is -0.132. The Morgan fingerprint density at radius 1 is 1.11 bits per heavy atom. The van der Waals surface area contributed by atoms with Crippen LogP contribution in [0.5, 0.6) is 0 Å². The highest BCUT2D eigenvalue weighted by Crippen LogP contribution is 2.26. The van der Waals surface area contributed by atoms with Gasteiger partial charge in [-0.3, -0.25) is 14.7 Å². The van der Waals surface area contributed by atoms with E-state index in [-0.39, 0.29) is 11.8 Å². The summed E-state index contributed by atoms with van der Waals surface area (Å²) in [4.78, 5) is 21.2. The summed E-state index contributed by atoms with van der Waals surface area (Å²) in [5.74, 6) is 2.59. The van der Waals surface area contributed by atoms with Gasteiger partial charge >= 0.3 is 0 Å². The van der Waals surface area contributed by atoms with Crippen molar-refractivity contribution in [2.24, 2.45) is 7.05 Å². The largest absolute Gasteiger partial charge is 0.342 e. The standard InChI is InChI=1S/C21H30N6O/c1-25-19(16-26-12-2-3-13-26)23-24-21(25)18-5-4-14-27(15-18)20(28)7-6-17-8-10-22-11-9-17/h8-11,18H,2-7,12-16H2,1H3/t18-/m0/s1. The van der Waals surface area contributed by atoms with Gasteiger partial charge in [-0.2, -0.15) is 0 Å². The Hall–Kier alpha value is -2.28. The smallest absolute Gasteiger partial charge is 0.222 e. The van der Waals surface area contributed by atoms with Crippen LogP contribution in [0, 0.1) is 0 Å². The fraction of sp³-hybridized carbons (Fsp3) is 0.619. The highest BCUT2D eigenvalue weighted by molar-refractivity contribution is 5.76. The van der Waals surface area contributed by atoms with Gasteiger partial charge in [0.25, 0.3) is 0 Å². The normalized spacial score (nSPS) is 20.6. The molecule has 2 aromatic heterocycles. The van der Waals surface area contributed by atoms with Gasteiger partial charge in [-0.1, -0.05) is 0 Å². The Bertz CT molecular complexity index is 783. The van der Waals surface area contributed by atoms with E-state index < -0.39 is 0 Å². The van der Waals surface area contributed by atoms with Crippen molar-refractivity contribution in [2.75, 3.05) is 26.2 Å². The van der Waals surface area contributed by atoms with Crippen molar-refractivity contribution in [2.45, 2.75) is 51.0 Å². The van der Waals surface area contributed by atoms with E-state index in [9.17, 15) is 4.79 Å². The lowest BCUT2D eigenvalue weighted by Crippen LogP contribution is -2.39. The highest BCUT2D eigenvalue weighted by Gasteiger charge is 2.28. The molecule has 2 fully saturated rings. The molecule has 0 N–H and O–H groups in total. The second-order valence-electron chi connectivity index (χ2n) is 8.05. The van der Waals surface area contributed by atoms with Crippen molar-refractivity contribution in [1.29, 1.82) is 0 Å². The van der Waals surface area contributed by atoms with E-state index >= 15 is 0 Å². The number of hydrogen-bond donors (Lipinski definition) is 0. The molecular formula is C21H30N6O. The molecule has 150 valence electrons. The van der Waals surface area contributed by atoms with Gasteiger partial charge in [0.05, 0.1) is 6.54 Å². The molecule has 7 heteroatoms. The Kier molecular flexibility index (Phi) is 6.00. The van der Waals surface area contributed by atoms with Gasteiger partial charge in [0.15, 0.2) is 0 Å². The second-order valence-corrected chi connectivity index (χ2v) is 8.05. The van der Waals surface area contributed by atoms with Gasteiger partial charge in [-0.25, -0.2) is 0 Å². The van der Waals surface area contributed by atoms with Crippen LogP contribution in [0.1, 0.15) is 55.2 Å². The topological polar surface area (TPSA) is 67.2 Å². The third-order valence-electron chi connectivity index (χ3n) is 6.08. The number of pyridine rings is 1. The summed E-state index contributed by atoms with van der Waals surface area (Å²) in [6.45, 7) is 4.80. The van der Waals surface area contributed by atoms with Gasteiger partial charge in [0, 0.05) is 44.9 Å². The van der Waals surface area contributed by atoms with Crippen LogP contribution in [0.25, 0.3) is 0 Å². The monoisotopic (exact) mass is 382 g/mol. The molecule has 2 aromatic rings. The summed E-state index contributed by atoms with van der Waals surface area (Å²) < 4.78 is 2.16. The zero-order valence-corrected chi connectivity index (χ0v) is 16.8. The maximum absolute atomic E-state index is 12.7. The first-order valence-corrected chi connectivity index (χ1v) is 10.5. The number of carbonyl (C=O) groups is 1. The van der Waals surface area contributed by atoms with Crippen LogP contribution in [-0.2, 0) is 24.8 Å². The first kappa shape index (κ1) is 19.1. The van der Waals surface area contributed by atoms with Crippen LogP contribution in [0.4, 0.5) is 0 Å². The van der Waals surface area contributed by atoms with Crippen LogP contribution in [0.2, 0.25) is 0 Å². The SMILES string of the molecule is Cn1c(CN2CCCC2)nnc1[C@H]1CCCN(C(=O)CCc2ccncc2)C1. The summed E-state index contributed by atoms with van der Waals surface area (Å²) in [5.41, 5.74) is 1.16. The minimum absolute atomic E-state index is 0.237. The zero-order valence-electron chi connectivity index (χ0n) is 16.8. The number of aromatic nitrogens is 4. The van der Waals surface area contributed by atoms with E-state index in [1.165, 1.54) is 12.8 Å². The number of likely N-dealkylation sites (tertiary alicyclic amines) is 2. The third kappa shape index (κ3) is 4.41. The Balaban J connectivity index is 1.35. The minimum Gasteiger partial charge on any atom is -0.342 e. The highest BCUT2D eigenvalue weighted by atomic mass is 16.2. The molecule has 0 bridgehead atoms. The number of aryl methyl sites for hydroxylation is 1. The van der Waals surface area contributed by atoms with Crippen molar-refractivity contribution in [3.63, 3.8) is 0 Å². The first-order chi connectivity index (χ1) is 13.7. The molecule has 1 amide bonds. The van der Waals surface area contributed by atoms with E-state index in [0.717, 1.165) is 69.2 Å². The molecule has 0 aliphatic carbocycles. The van der Waals surface area contributed by atoms with Crippen LogP contribution in [-0.4, -0.2) is 61.6 Å². The van der Waals surface area contributed by atoms with E-state index in [0.29, 0.717) is 6.42 Å². The maximum Gasteiger partial charge on any atom is 0.222 e. The van der Waals surface area contributed by atoms with Gasteiger partial charge in [0.2, 0.25) is 5.91 Å². The molecule has 7 nitrogen and oxygen atoms in total. The third-order valence-corrected chi connectivity index (χ3v) is 6.08. The molecule has 2 aliphatic rings. The summed E-state index contributed by atoms with van der Waals surface area (Å²) in [6.07, 6.45) is 9.55. The van der Waals surface area contributed by atoms with Gasteiger partial charge < -0.3 is 9.47 Å². The van der Waals surface area contributed by atoms with Crippen LogP contribution in [0.15, 0.2) is 24.5 Å². The Morgan fingerprint density at radius 3 is 2.68 bits per heavy atom. The van der Waals surface area contributed by atoms with Crippen molar-refractivity contribution in [1.82, 2.24) is 29.5 Å². The molecule has 28 heavy (non-hydrogen) atoms. The molecule has 0 saturated carbocycles. The number of piperidine rings is 1. The van der Waals surface area contributed by atoms with Crippen LogP contribution < -0.4 is 0 Å². The maximum atomic E-state index is 12.7. The molecule has 0 radical (unpaired) electrons. The predicted molar refractivity (Wildman–Crippen MR) is 107 cm³/mol. The Labute approximate surface area is 166 Å². The van der Waals surface area contributed by atoms with Crippen molar-refractivity contribution >= 4 is 5.91 Å². The molecular weight excluding hydrogens is 352 g/mol. The molecule has 1 atom stereocenters. The summed E-state index contributed by atoms with van der Waals surface area (Å²) in [5, 5.41) is 8.97. The number of amides is 1. The molecule has 4 rings (SSSR count). The van der Waals surface area contributed by atoms with Crippen molar-refractivity contribution < 1.29 is 4.79 Å². The van der Waals surface area contributed by atoms with Crippen molar-refractivity contribution in [3.8, 4) is 0 Å². The fourth-order valence-electron chi connectivity index (χ4n) is 4.38. The molecule has 2 saturated heterocycles. The van der Waals surface area contributed by atoms with Gasteiger partial charge in [-0.05, 0) is 62.9 Å². The Morgan fingerprint density at radius 2 is 1.89 bits per heavy atom. The lowest BCUT2D eigenvalue weighted by atomic mass is 9.96. The molecule has 4 heterocycles. The number of carbonyl (C=O) groups excluding carboxylic acids is 1. The van der Waals surface area contributed by atoms with E-state index in [4.69, 9.17) is 0 Å². The van der Waals surface area contributed by atoms with Gasteiger partial charge in [0.1, 0.15) is 11.6 Å². The van der Waals surface area contributed by atoms with E-state index in [1.54, 1.807) is 12.4 Å². The predicted octanol–water partition coefficient (Wildman–Crippen LogP) is 2.14. The second kappa shape index (κ2) is 8.82. The lowest BCUT2D eigenvalue weighted by Gasteiger charge is -2.32. The molecule has 0 unspecified atom stereocenters. The van der Waals surface area contributed by atoms with Crippen LogP contribution >= 0.6 is 0 Å². The molecule has 2 aliphatic heterocycles. The number of hydrogen-bond acceptors (Lipinski definition) is 5. The molecule has 0 spiro atoms. The summed E-state index contributed by atoms with van der Waals surface area (Å²) >= 11 is 0. The average Bonchev–Trinajstić information content (AvgIpc) is 3.38. The minimum atomic E-state index is 0.237. The fourth-order valence-corrected chi connectivity index (χ4v) is 4.38. The van der Waals surface area contributed by atoms with Crippen molar-refractivity contribution in [3.05, 3.63) is 41.7 Å². The average molecular weight is 383 g/mol. The zero-order chi connectivity index (χ0) is 19.3.